The summed E-state index contributed by atoms with van der Waals surface area (Å²) < 4.78 is 48.7. The Balaban J connectivity index is 2.35. The molecule has 0 bridgehead atoms. The Bertz CT molecular complexity index is 630. The van der Waals surface area contributed by atoms with E-state index in [2.05, 4.69) is 4.98 Å². The Morgan fingerprint density at radius 3 is 2.43 bits per heavy atom. The van der Waals surface area contributed by atoms with Gasteiger partial charge < -0.3 is 15.2 Å². The molecular weight excluding hydrogens is 285 g/mol. The molecule has 0 atom stereocenters. The van der Waals surface area contributed by atoms with E-state index in [0.717, 1.165) is 12.3 Å². The molecule has 0 amide bonds. The van der Waals surface area contributed by atoms with Crippen LogP contribution in [0.4, 0.5) is 18.9 Å². The minimum absolute atomic E-state index is 0.00861. The summed E-state index contributed by atoms with van der Waals surface area (Å²) >= 11 is 0. The summed E-state index contributed by atoms with van der Waals surface area (Å²) in [4.78, 5) is 3.25. The lowest BCUT2D eigenvalue weighted by Crippen LogP contribution is -2.09. The third-order valence-electron chi connectivity index (χ3n) is 2.55. The number of benzene rings is 1. The van der Waals surface area contributed by atoms with E-state index in [4.69, 9.17) is 15.2 Å². The number of aromatic nitrogens is 1. The van der Waals surface area contributed by atoms with Crippen LogP contribution in [-0.2, 0) is 6.18 Å². The highest BCUT2D eigenvalue weighted by Crippen LogP contribution is 2.37. The van der Waals surface area contributed by atoms with Gasteiger partial charge in [0.05, 0.1) is 18.5 Å². The first-order valence-corrected chi connectivity index (χ1v) is 6.14. The number of pyridine rings is 1. The molecule has 2 aromatic rings. The Kier molecular flexibility index (Phi) is 4.21. The molecule has 2 rings (SSSR count). The van der Waals surface area contributed by atoms with Gasteiger partial charge in [-0.1, -0.05) is 12.1 Å². The van der Waals surface area contributed by atoms with Crippen LogP contribution < -0.4 is 15.2 Å². The van der Waals surface area contributed by atoms with Crippen molar-refractivity contribution in [1.82, 2.24) is 4.98 Å². The minimum Gasteiger partial charge on any atom is -0.490 e. The maximum atomic E-state index is 12.7. The number of hydrogen-bond acceptors (Lipinski definition) is 4. The van der Waals surface area contributed by atoms with Crippen LogP contribution in [0.1, 0.15) is 12.6 Å². The average molecular weight is 298 g/mol. The molecule has 0 aliphatic heterocycles. The molecule has 0 aliphatic rings. The number of nitrogens with zero attached hydrogens (tertiary/aromatic N) is 1. The number of ether oxygens (including phenoxy) is 2. The minimum atomic E-state index is -4.56. The van der Waals surface area contributed by atoms with Crippen LogP contribution >= 0.6 is 0 Å². The number of rotatable bonds is 4. The Morgan fingerprint density at radius 2 is 1.81 bits per heavy atom. The second kappa shape index (κ2) is 5.90. The fourth-order valence-corrected chi connectivity index (χ4v) is 1.62. The van der Waals surface area contributed by atoms with Gasteiger partial charge in [0.2, 0.25) is 0 Å². The van der Waals surface area contributed by atoms with Crippen molar-refractivity contribution in [3.63, 3.8) is 0 Å². The predicted molar refractivity (Wildman–Crippen MR) is 71.3 cm³/mol. The maximum absolute atomic E-state index is 12.7. The molecule has 0 saturated heterocycles. The lowest BCUT2D eigenvalue weighted by molar-refractivity contribution is -0.141. The Labute approximate surface area is 119 Å². The fourth-order valence-electron chi connectivity index (χ4n) is 1.62. The number of hydrogen-bond donors (Lipinski definition) is 1. The van der Waals surface area contributed by atoms with E-state index in [-0.39, 0.29) is 17.2 Å². The van der Waals surface area contributed by atoms with Gasteiger partial charge in [0.25, 0.3) is 0 Å². The fraction of sp³-hybridized carbons (Fsp3) is 0.214. The standard InChI is InChI=1S/C14H13F3N2O2/c1-2-20-10-5-3-4-6-11(10)21-12-7-13(14(15,16)17)19-8-9(12)18/h3-8H,2,18H2,1H3. The van der Waals surface area contributed by atoms with Crippen LogP contribution in [0.5, 0.6) is 17.2 Å². The molecule has 1 heterocycles. The van der Waals surface area contributed by atoms with Crippen molar-refractivity contribution in [2.75, 3.05) is 12.3 Å². The summed E-state index contributed by atoms with van der Waals surface area (Å²) in [6.07, 6.45) is -3.65. The predicted octanol–water partition coefficient (Wildman–Crippen LogP) is 3.87. The molecule has 0 radical (unpaired) electrons. The van der Waals surface area contributed by atoms with Gasteiger partial charge >= 0.3 is 6.18 Å². The molecule has 4 nitrogen and oxygen atoms in total. The highest BCUT2D eigenvalue weighted by Gasteiger charge is 2.33. The zero-order valence-electron chi connectivity index (χ0n) is 11.1. The van der Waals surface area contributed by atoms with Crippen LogP contribution in [0.25, 0.3) is 0 Å². The molecule has 7 heteroatoms. The van der Waals surface area contributed by atoms with E-state index < -0.39 is 11.9 Å². The topological polar surface area (TPSA) is 57.4 Å². The van der Waals surface area contributed by atoms with Crippen molar-refractivity contribution in [3.8, 4) is 17.2 Å². The summed E-state index contributed by atoms with van der Waals surface area (Å²) in [5, 5.41) is 0. The molecule has 2 N–H and O–H groups in total. The van der Waals surface area contributed by atoms with Crippen LogP contribution in [-0.4, -0.2) is 11.6 Å². The van der Waals surface area contributed by atoms with Crippen LogP contribution in [0.3, 0.4) is 0 Å². The normalized spacial score (nSPS) is 11.2. The van der Waals surface area contributed by atoms with Crippen LogP contribution in [0.2, 0.25) is 0 Å². The van der Waals surface area contributed by atoms with E-state index >= 15 is 0 Å². The number of alkyl halides is 3. The van der Waals surface area contributed by atoms with Crippen molar-refractivity contribution >= 4 is 5.69 Å². The highest BCUT2D eigenvalue weighted by molar-refractivity contribution is 5.54. The summed E-state index contributed by atoms with van der Waals surface area (Å²) in [6.45, 7) is 2.19. The lowest BCUT2D eigenvalue weighted by Gasteiger charge is -2.14. The van der Waals surface area contributed by atoms with Crippen LogP contribution in [0.15, 0.2) is 36.5 Å². The molecule has 21 heavy (non-hydrogen) atoms. The summed E-state index contributed by atoms with van der Waals surface area (Å²) in [5.41, 5.74) is 4.55. The van der Waals surface area contributed by atoms with Gasteiger partial charge in [-0.2, -0.15) is 13.2 Å². The van der Waals surface area contributed by atoms with Crippen molar-refractivity contribution < 1.29 is 22.6 Å². The van der Waals surface area contributed by atoms with Crippen molar-refractivity contribution in [1.29, 1.82) is 0 Å². The van der Waals surface area contributed by atoms with E-state index in [1.54, 1.807) is 31.2 Å². The highest BCUT2D eigenvalue weighted by atomic mass is 19.4. The van der Waals surface area contributed by atoms with Crippen LogP contribution in [0, 0.1) is 0 Å². The van der Waals surface area contributed by atoms with Gasteiger partial charge in [-0.25, -0.2) is 4.98 Å². The summed E-state index contributed by atoms with van der Waals surface area (Å²) in [6, 6.07) is 7.41. The van der Waals surface area contributed by atoms with E-state index in [0.29, 0.717) is 12.4 Å². The molecule has 112 valence electrons. The zero-order chi connectivity index (χ0) is 15.5. The molecule has 1 aromatic heterocycles. The first-order valence-electron chi connectivity index (χ1n) is 6.14. The molecule has 0 aliphatic carbocycles. The number of nitrogens with two attached hydrogens (primary N) is 1. The third kappa shape index (κ3) is 3.56. The molecule has 0 saturated carbocycles. The molecule has 0 unspecified atom stereocenters. The van der Waals surface area contributed by atoms with Gasteiger partial charge in [-0.3, -0.25) is 0 Å². The smallest absolute Gasteiger partial charge is 0.433 e. The summed E-state index contributed by atoms with van der Waals surface area (Å²) in [7, 11) is 0. The van der Waals surface area contributed by atoms with Gasteiger partial charge in [0, 0.05) is 6.07 Å². The lowest BCUT2D eigenvalue weighted by atomic mass is 10.3. The molecule has 1 aromatic carbocycles. The summed E-state index contributed by atoms with van der Waals surface area (Å²) in [5.74, 6) is 0.583. The average Bonchev–Trinajstić information content (AvgIpc) is 2.42. The van der Waals surface area contributed by atoms with Gasteiger partial charge in [-0.05, 0) is 19.1 Å². The van der Waals surface area contributed by atoms with Crippen molar-refractivity contribution in [3.05, 3.63) is 42.2 Å². The largest absolute Gasteiger partial charge is 0.490 e. The van der Waals surface area contributed by atoms with E-state index in [1.165, 1.54) is 0 Å². The maximum Gasteiger partial charge on any atom is 0.433 e. The number of para-hydroxylation sites is 2. The SMILES string of the molecule is CCOc1ccccc1Oc1cc(C(F)(F)F)ncc1N. The molecule has 0 fully saturated rings. The number of anilines is 1. The van der Waals surface area contributed by atoms with Gasteiger partial charge in [-0.15, -0.1) is 0 Å². The number of halogens is 3. The first kappa shape index (κ1) is 15.0. The second-order valence-electron chi connectivity index (χ2n) is 4.09. The quantitative estimate of drug-likeness (QED) is 0.930. The van der Waals surface area contributed by atoms with Crippen molar-refractivity contribution in [2.24, 2.45) is 0 Å². The first-order chi connectivity index (χ1) is 9.91. The van der Waals surface area contributed by atoms with E-state index in [1.807, 2.05) is 0 Å². The molecule has 0 spiro atoms. The monoisotopic (exact) mass is 298 g/mol. The Morgan fingerprint density at radius 1 is 1.14 bits per heavy atom. The zero-order valence-corrected chi connectivity index (χ0v) is 11.1. The Hall–Kier alpha value is -2.44. The molecular formula is C14H13F3N2O2. The second-order valence-corrected chi connectivity index (χ2v) is 4.09. The van der Waals surface area contributed by atoms with Crippen molar-refractivity contribution in [2.45, 2.75) is 13.1 Å². The van der Waals surface area contributed by atoms with Gasteiger partial charge in [0.1, 0.15) is 5.69 Å². The van der Waals surface area contributed by atoms with Gasteiger partial charge in [0.15, 0.2) is 17.2 Å². The number of nitrogen functional groups attached to an aromatic ring is 1. The third-order valence-corrected chi connectivity index (χ3v) is 2.55. The van der Waals surface area contributed by atoms with E-state index in [9.17, 15) is 13.2 Å².